The van der Waals surface area contributed by atoms with Crippen molar-refractivity contribution in [3.8, 4) is 11.5 Å². The largest absolute Gasteiger partial charge is 0.497 e. The summed E-state index contributed by atoms with van der Waals surface area (Å²) in [6.45, 7) is 0. The van der Waals surface area contributed by atoms with Crippen molar-refractivity contribution in [2.45, 2.75) is 0 Å². The Kier molecular flexibility index (Phi) is 6.28. The van der Waals surface area contributed by atoms with E-state index in [-0.39, 0.29) is 0 Å². The van der Waals surface area contributed by atoms with Crippen molar-refractivity contribution in [1.82, 2.24) is 0 Å². The molecule has 24 heavy (non-hydrogen) atoms. The molecule has 126 valence electrons. The van der Waals surface area contributed by atoms with Gasteiger partial charge in [-0.2, -0.15) is 0 Å². The summed E-state index contributed by atoms with van der Waals surface area (Å²) in [7, 11) is 3.07. The van der Waals surface area contributed by atoms with Crippen LogP contribution in [0.4, 0.5) is 10.5 Å². The third-order valence-electron chi connectivity index (χ3n) is 2.93. The number of methoxy groups -OCH3 is 2. The second-order valence-corrected chi connectivity index (χ2v) is 5.29. The van der Waals surface area contributed by atoms with Gasteiger partial charge in [0, 0.05) is 11.3 Å². The molecule has 2 aromatic carbocycles. The molecule has 0 aromatic heterocycles. The van der Waals surface area contributed by atoms with Crippen LogP contribution in [-0.2, 0) is 4.84 Å². The summed E-state index contributed by atoms with van der Waals surface area (Å²) in [6, 6.07) is 9.81. The van der Waals surface area contributed by atoms with Crippen LogP contribution in [0.15, 0.2) is 41.6 Å². The number of anilines is 1. The van der Waals surface area contributed by atoms with Crippen LogP contribution in [0.2, 0.25) is 10.0 Å². The highest BCUT2D eigenvalue weighted by molar-refractivity contribution is 6.42. The highest BCUT2D eigenvalue weighted by atomic mass is 35.5. The van der Waals surface area contributed by atoms with Gasteiger partial charge in [-0.25, -0.2) is 4.79 Å². The van der Waals surface area contributed by atoms with Gasteiger partial charge in [-0.3, -0.25) is 10.2 Å². The van der Waals surface area contributed by atoms with E-state index in [1.807, 2.05) is 0 Å². The standard InChI is InChI=1S/C16H14Cl2N2O4/c1-22-12-4-6-15(23-2)10(7-12)9-19-24-16(21)20-11-3-5-13(17)14(18)8-11/h3-9H,1-2H3,(H,20,21)/b19-9+. The number of benzene rings is 2. The number of carbonyl (C=O) groups excluding carboxylic acids is 1. The summed E-state index contributed by atoms with van der Waals surface area (Å²) in [5, 5.41) is 6.81. The number of amides is 1. The third-order valence-corrected chi connectivity index (χ3v) is 3.67. The van der Waals surface area contributed by atoms with E-state index in [0.29, 0.717) is 32.8 Å². The number of ether oxygens (including phenoxy) is 2. The second kappa shape index (κ2) is 8.42. The van der Waals surface area contributed by atoms with Crippen LogP contribution in [0.3, 0.4) is 0 Å². The first-order chi connectivity index (χ1) is 11.5. The molecule has 0 radical (unpaired) electrons. The summed E-state index contributed by atoms with van der Waals surface area (Å²) in [6.07, 6.45) is 0.571. The summed E-state index contributed by atoms with van der Waals surface area (Å²) in [5.41, 5.74) is 1.03. The maximum absolute atomic E-state index is 11.7. The van der Waals surface area contributed by atoms with Gasteiger partial charge in [0.2, 0.25) is 0 Å². The van der Waals surface area contributed by atoms with Gasteiger partial charge in [0.25, 0.3) is 0 Å². The number of rotatable bonds is 5. The Morgan fingerprint density at radius 3 is 2.54 bits per heavy atom. The van der Waals surface area contributed by atoms with Crippen molar-refractivity contribution < 1.29 is 19.1 Å². The highest BCUT2D eigenvalue weighted by Crippen LogP contribution is 2.25. The molecule has 0 aliphatic rings. The number of nitrogens with zero attached hydrogens (tertiary/aromatic N) is 1. The molecule has 1 amide bonds. The quantitative estimate of drug-likeness (QED) is 0.475. The molecule has 0 aliphatic carbocycles. The first-order valence-electron chi connectivity index (χ1n) is 6.72. The van der Waals surface area contributed by atoms with E-state index in [9.17, 15) is 4.79 Å². The average Bonchev–Trinajstić information content (AvgIpc) is 2.58. The monoisotopic (exact) mass is 368 g/mol. The molecule has 0 fully saturated rings. The zero-order chi connectivity index (χ0) is 17.5. The first-order valence-corrected chi connectivity index (χ1v) is 7.47. The van der Waals surface area contributed by atoms with E-state index < -0.39 is 6.09 Å². The Hall–Kier alpha value is -2.44. The number of carbonyl (C=O) groups is 1. The molecule has 0 unspecified atom stereocenters. The Morgan fingerprint density at radius 1 is 1.08 bits per heavy atom. The van der Waals surface area contributed by atoms with Gasteiger partial charge in [0.1, 0.15) is 11.5 Å². The lowest BCUT2D eigenvalue weighted by atomic mass is 10.2. The fraction of sp³-hybridized carbons (Fsp3) is 0.125. The number of nitrogens with one attached hydrogen (secondary N) is 1. The summed E-state index contributed by atoms with van der Waals surface area (Å²) < 4.78 is 10.3. The number of hydrogen-bond donors (Lipinski definition) is 1. The molecule has 0 aliphatic heterocycles. The van der Waals surface area contributed by atoms with Crippen molar-refractivity contribution in [3.05, 3.63) is 52.0 Å². The fourth-order valence-corrected chi connectivity index (χ4v) is 2.08. The Morgan fingerprint density at radius 2 is 1.88 bits per heavy atom. The molecular weight excluding hydrogens is 355 g/mol. The Labute approximate surface area is 148 Å². The van der Waals surface area contributed by atoms with E-state index >= 15 is 0 Å². The van der Waals surface area contributed by atoms with Crippen molar-refractivity contribution in [1.29, 1.82) is 0 Å². The van der Waals surface area contributed by atoms with Gasteiger partial charge in [-0.1, -0.05) is 28.4 Å². The number of halogens is 2. The van der Waals surface area contributed by atoms with Gasteiger partial charge < -0.3 is 9.47 Å². The molecule has 0 spiro atoms. The van der Waals surface area contributed by atoms with Gasteiger partial charge in [0.05, 0.1) is 30.5 Å². The minimum atomic E-state index is -0.772. The smallest absolute Gasteiger partial charge is 0.437 e. The maximum atomic E-state index is 11.7. The Balaban J connectivity index is 2.00. The van der Waals surface area contributed by atoms with E-state index in [4.69, 9.17) is 37.5 Å². The second-order valence-electron chi connectivity index (χ2n) is 4.48. The lowest BCUT2D eigenvalue weighted by Gasteiger charge is -2.06. The van der Waals surface area contributed by atoms with Crippen LogP contribution in [0.1, 0.15) is 5.56 Å². The molecule has 6 nitrogen and oxygen atoms in total. The molecule has 0 atom stereocenters. The molecule has 2 rings (SSSR count). The molecule has 0 bridgehead atoms. The highest BCUT2D eigenvalue weighted by Gasteiger charge is 2.06. The predicted molar refractivity (Wildman–Crippen MR) is 93.7 cm³/mol. The van der Waals surface area contributed by atoms with Gasteiger partial charge in [-0.05, 0) is 36.4 Å². The summed E-state index contributed by atoms with van der Waals surface area (Å²) in [5.74, 6) is 1.19. The van der Waals surface area contributed by atoms with Crippen molar-refractivity contribution >= 4 is 41.2 Å². The average molecular weight is 369 g/mol. The zero-order valence-corrected chi connectivity index (χ0v) is 14.4. The van der Waals surface area contributed by atoms with Crippen LogP contribution in [0.25, 0.3) is 0 Å². The SMILES string of the molecule is COc1ccc(OC)c(/C=N/OC(=O)Nc2ccc(Cl)c(Cl)c2)c1. The van der Waals surface area contributed by atoms with Crippen molar-refractivity contribution in [2.24, 2.45) is 5.16 Å². The molecule has 2 aromatic rings. The van der Waals surface area contributed by atoms with Gasteiger partial charge in [0.15, 0.2) is 0 Å². The van der Waals surface area contributed by atoms with Crippen LogP contribution >= 0.6 is 23.2 Å². The topological polar surface area (TPSA) is 69.1 Å². The van der Waals surface area contributed by atoms with Crippen LogP contribution in [-0.4, -0.2) is 26.5 Å². The molecule has 1 N–H and O–H groups in total. The first kappa shape index (κ1) is 17.9. The van der Waals surface area contributed by atoms with Gasteiger partial charge >= 0.3 is 6.09 Å². The summed E-state index contributed by atoms with van der Waals surface area (Å²) >= 11 is 11.7. The molecule has 0 saturated carbocycles. The van der Waals surface area contributed by atoms with E-state index in [1.54, 1.807) is 37.4 Å². The molecular formula is C16H14Cl2N2O4. The van der Waals surface area contributed by atoms with Crippen LogP contribution in [0.5, 0.6) is 11.5 Å². The minimum Gasteiger partial charge on any atom is -0.497 e. The van der Waals surface area contributed by atoms with Crippen molar-refractivity contribution in [2.75, 3.05) is 19.5 Å². The van der Waals surface area contributed by atoms with Crippen LogP contribution in [0, 0.1) is 0 Å². The van der Waals surface area contributed by atoms with E-state index in [1.165, 1.54) is 19.4 Å². The van der Waals surface area contributed by atoms with E-state index in [0.717, 1.165) is 0 Å². The maximum Gasteiger partial charge on any atom is 0.437 e. The lowest BCUT2D eigenvalue weighted by molar-refractivity contribution is 0.167. The molecule has 0 heterocycles. The number of hydrogen-bond acceptors (Lipinski definition) is 5. The predicted octanol–water partition coefficient (Wildman–Crippen LogP) is 4.59. The molecule has 0 saturated heterocycles. The molecule has 8 heteroatoms. The van der Waals surface area contributed by atoms with E-state index in [2.05, 4.69) is 10.5 Å². The van der Waals surface area contributed by atoms with Crippen LogP contribution < -0.4 is 14.8 Å². The number of oxime groups is 1. The lowest BCUT2D eigenvalue weighted by Crippen LogP contribution is -2.10. The fourth-order valence-electron chi connectivity index (χ4n) is 1.79. The minimum absolute atomic E-state index is 0.319. The van der Waals surface area contributed by atoms with Gasteiger partial charge in [-0.15, -0.1) is 0 Å². The third kappa shape index (κ3) is 4.78. The summed E-state index contributed by atoms with van der Waals surface area (Å²) in [4.78, 5) is 16.4. The Bertz CT molecular complexity index is 766. The van der Waals surface area contributed by atoms with Crippen molar-refractivity contribution in [3.63, 3.8) is 0 Å². The zero-order valence-electron chi connectivity index (χ0n) is 12.9. The normalized spacial score (nSPS) is 10.5.